The number of benzene rings is 2. The maximum Gasteiger partial charge on any atom is 0.226 e. The van der Waals surface area contributed by atoms with E-state index in [1.54, 1.807) is 0 Å². The van der Waals surface area contributed by atoms with Gasteiger partial charge in [0.05, 0.1) is 17.8 Å². The molecule has 2 aromatic heterocycles. The molecule has 4 aromatic rings. The van der Waals surface area contributed by atoms with E-state index in [9.17, 15) is 4.79 Å². The first kappa shape index (κ1) is 26.5. The summed E-state index contributed by atoms with van der Waals surface area (Å²) in [5.74, 6) is -0.0214. The number of aryl methyl sites for hydroxylation is 1. The van der Waals surface area contributed by atoms with Crippen LogP contribution in [0.4, 0.5) is 5.69 Å². The van der Waals surface area contributed by atoms with Gasteiger partial charge in [0.25, 0.3) is 0 Å². The van der Waals surface area contributed by atoms with E-state index in [0.717, 1.165) is 22.2 Å². The van der Waals surface area contributed by atoms with Gasteiger partial charge in [-0.05, 0) is 74.1 Å². The molecule has 7 heteroatoms. The number of rotatable bonds is 7. The smallest absolute Gasteiger partial charge is 0.226 e. The van der Waals surface area contributed by atoms with Crippen molar-refractivity contribution in [3.8, 4) is 0 Å². The molecule has 0 radical (unpaired) electrons. The van der Waals surface area contributed by atoms with Crippen molar-refractivity contribution in [3.63, 3.8) is 0 Å². The molecule has 1 saturated heterocycles. The molecule has 2 fully saturated rings. The Bertz CT molecular complexity index is 1520. The third kappa shape index (κ3) is 5.10. The summed E-state index contributed by atoms with van der Waals surface area (Å²) >= 11 is 5.90. The van der Waals surface area contributed by atoms with Crippen LogP contribution in [-0.2, 0) is 4.79 Å². The van der Waals surface area contributed by atoms with Crippen LogP contribution in [0, 0.1) is 13.8 Å². The summed E-state index contributed by atoms with van der Waals surface area (Å²) in [6.07, 6.45) is 8.55. The van der Waals surface area contributed by atoms with E-state index in [-0.39, 0.29) is 18.0 Å². The fourth-order valence-electron chi connectivity index (χ4n) is 6.76. The SMILES string of the molecule is Cc1cc(C2C(c3ccccn3)NC(=S)N2CCC(=O)Nc2cccc3ccccc23)c(C)n1C1CCCCC1. The summed E-state index contributed by atoms with van der Waals surface area (Å²) < 4.78 is 2.55. The Labute approximate surface area is 241 Å². The van der Waals surface area contributed by atoms with E-state index in [2.05, 4.69) is 58.2 Å². The molecule has 1 amide bonds. The van der Waals surface area contributed by atoms with Crippen LogP contribution in [0.5, 0.6) is 0 Å². The van der Waals surface area contributed by atoms with Gasteiger partial charge < -0.3 is 20.1 Å². The molecule has 2 aliphatic rings. The Hall–Kier alpha value is -3.71. The zero-order valence-electron chi connectivity index (χ0n) is 23.3. The molecule has 2 atom stereocenters. The Kier molecular flexibility index (Phi) is 7.57. The van der Waals surface area contributed by atoms with Crippen LogP contribution in [0.2, 0.25) is 0 Å². The number of hydrogen-bond acceptors (Lipinski definition) is 3. The minimum Gasteiger partial charge on any atom is -0.352 e. The normalized spacial score (nSPS) is 19.6. The highest BCUT2D eigenvalue weighted by molar-refractivity contribution is 7.80. The number of amides is 1. The van der Waals surface area contributed by atoms with Crippen LogP contribution in [0.25, 0.3) is 10.8 Å². The zero-order chi connectivity index (χ0) is 27.6. The van der Waals surface area contributed by atoms with Crippen molar-refractivity contribution in [3.05, 3.63) is 95.6 Å². The van der Waals surface area contributed by atoms with Crippen molar-refractivity contribution < 1.29 is 4.79 Å². The summed E-state index contributed by atoms with van der Waals surface area (Å²) in [5.41, 5.74) is 5.66. The fourth-order valence-corrected chi connectivity index (χ4v) is 7.09. The first-order valence-electron chi connectivity index (χ1n) is 14.5. The molecule has 1 aliphatic carbocycles. The third-order valence-electron chi connectivity index (χ3n) is 8.62. The van der Waals surface area contributed by atoms with E-state index in [1.807, 2.05) is 48.7 Å². The van der Waals surface area contributed by atoms with Gasteiger partial charge >= 0.3 is 0 Å². The molecule has 6 rings (SSSR count). The molecule has 3 heterocycles. The number of carbonyl (C=O) groups is 1. The lowest BCUT2D eigenvalue weighted by molar-refractivity contribution is -0.116. The number of hydrogen-bond donors (Lipinski definition) is 2. The largest absolute Gasteiger partial charge is 0.352 e. The van der Waals surface area contributed by atoms with E-state index < -0.39 is 0 Å². The second-order valence-corrected chi connectivity index (χ2v) is 11.5. The van der Waals surface area contributed by atoms with Crippen molar-refractivity contribution >= 4 is 39.7 Å². The second-order valence-electron chi connectivity index (χ2n) is 11.1. The Balaban J connectivity index is 1.28. The molecule has 0 bridgehead atoms. The highest BCUT2D eigenvalue weighted by Crippen LogP contribution is 2.42. The minimum atomic E-state index is -0.0878. The molecule has 40 heavy (non-hydrogen) atoms. The predicted molar refractivity (Wildman–Crippen MR) is 165 cm³/mol. The highest BCUT2D eigenvalue weighted by atomic mass is 32.1. The van der Waals surface area contributed by atoms with Crippen LogP contribution in [0.3, 0.4) is 0 Å². The van der Waals surface area contributed by atoms with E-state index in [4.69, 9.17) is 17.2 Å². The number of carbonyl (C=O) groups excluding carboxylic acids is 1. The van der Waals surface area contributed by atoms with Crippen LogP contribution < -0.4 is 10.6 Å². The summed E-state index contributed by atoms with van der Waals surface area (Å²) in [5, 5.41) is 9.52. The first-order valence-corrected chi connectivity index (χ1v) is 14.9. The lowest BCUT2D eigenvalue weighted by Crippen LogP contribution is -2.33. The van der Waals surface area contributed by atoms with E-state index in [1.165, 1.54) is 49.1 Å². The molecule has 2 unspecified atom stereocenters. The molecule has 6 nitrogen and oxygen atoms in total. The summed E-state index contributed by atoms with van der Waals surface area (Å²) in [6.45, 7) is 4.99. The Morgan fingerprint density at radius 1 is 1.02 bits per heavy atom. The van der Waals surface area contributed by atoms with Gasteiger partial charge in [-0.15, -0.1) is 0 Å². The topological polar surface area (TPSA) is 62.2 Å². The van der Waals surface area contributed by atoms with Gasteiger partial charge in [0, 0.05) is 47.7 Å². The average molecular weight is 552 g/mol. The standard InChI is InChI=1S/C33H37N5OS/c1-22-21-27(23(2)38(22)25-13-4-3-5-14-25)32-31(29-16-8-9-19-34-29)36-33(40)37(32)20-18-30(39)35-28-17-10-12-24-11-6-7-15-26(24)28/h6-12,15-17,19,21,25,31-32H,3-5,13-14,18,20H2,1-2H3,(H,35,39)(H,36,40). The molecule has 0 spiro atoms. The Morgan fingerprint density at radius 2 is 1.80 bits per heavy atom. The summed E-state index contributed by atoms with van der Waals surface area (Å²) in [4.78, 5) is 20.1. The molecular weight excluding hydrogens is 514 g/mol. The molecule has 2 N–H and O–H groups in total. The highest BCUT2D eigenvalue weighted by Gasteiger charge is 2.41. The van der Waals surface area contributed by atoms with Crippen molar-refractivity contribution in [1.29, 1.82) is 0 Å². The van der Waals surface area contributed by atoms with Crippen molar-refractivity contribution in [2.24, 2.45) is 0 Å². The number of nitrogens with zero attached hydrogens (tertiary/aromatic N) is 3. The lowest BCUT2D eigenvalue weighted by atomic mass is 9.94. The third-order valence-corrected chi connectivity index (χ3v) is 8.98. The quantitative estimate of drug-likeness (QED) is 0.239. The van der Waals surface area contributed by atoms with Crippen molar-refractivity contribution in [1.82, 2.24) is 19.8 Å². The fraction of sp³-hybridized carbons (Fsp3) is 0.364. The average Bonchev–Trinajstić information content (AvgIpc) is 3.47. The van der Waals surface area contributed by atoms with Gasteiger partial charge in [-0.25, -0.2) is 0 Å². The van der Waals surface area contributed by atoms with Crippen LogP contribution in [0.15, 0.2) is 72.9 Å². The van der Waals surface area contributed by atoms with Gasteiger partial charge in [0.15, 0.2) is 5.11 Å². The van der Waals surface area contributed by atoms with Crippen molar-refractivity contribution in [2.75, 3.05) is 11.9 Å². The number of nitrogens with one attached hydrogen (secondary N) is 2. The Morgan fingerprint density at radius 3 is 2.60 bits per heavy atom. The predicted octanol–water partition coefficient (Wildman–Crippen LogP) is 7.16. The maximum absolute atomic E-state index is 13.2. The molecule has 1 aliphatic heterocycles. The van der Waals surface area contributed by atoms with Gasteiger partial charge in [-0.3, -0.25) is 9.78 Å². The number of aromatic nitrogens is 2. The minimum absolute atomic E-state index is 0.0214. The monoisotopic (exact) mass is 551 g/mol. The number of pyridine rings is 1. The van der Waals surface area contributed by atoms with Crippen molar-refractivity contribution in [2.45, 2.75) is 70.5 Å². The van der Waals surface area contributed by atoms with Gasteiger partial charge in [0.2, 0.25) is 5.91 Å². The lowest BCUT2D eigenvalue weighted by Gasteiger charge is -2.29. The number of fused-ring (bicyclic) bond motifs is 1. The van der Waals surface area contributed by atoms with Gasteiger partial charge in [0.1, 0.15) is 0 Å². The van der Waals surface area contributed by atoms with E-state index in [0.29, 0.717) is 24.1 Å². The van der Waals surface area contributed by atoms with Crippen LogP contribution in [0.1, 0.15) is 79.3 Å². The number of anilines is 1. The first-order chi connectivity index (χ1) is 19.5. The van der Waals surface area contributed by atoms with Gasteiger partial charge in [-0.2, -0.15) is 0 Å². The summed E-state index contributed by atoms with van der Waals surface area (Å²) in [6, 6.07) is 22.9. The molecular formula is C33H37N5OS. The molecule has 206 valence electrons. The second kappa shape index (κ2) is 11.4. The zero-order valence-corrected chi connectivity index (χ0v) is 24.1. The van der Waals surface area contributed by atoms with Gasteiger partial charge in [-0.1, -0.05) is 61.7 Å². The number of thiocarbonyl (C=S) groups is 1. The molecule has 1 saturated carbocycles. The van der Waals surface area contributed by atoms with E-state index >= 15 is 0 Å². The van der Waals surface area contributed by atoms with Crippen LogP contribution >= 0.6 is 12.2 Å². The summed E-state index contributed by atoms with van der Waals surface area (Å²) in [7, 11) is 0. The maximum atomic E-state index is 13.2. The van der Waals surface area contributed by atoms with Crippen LogP contribution in [-0.4, -0.2) is 32.0 Å². The molecule has 2 aromatic carbocycles.